The zero-order chi connectivity index (χ0) is 14.8. The fourth-order valence-corrected chi connectivity index (χ4v) is 3.30. The second-order valence-electron chi connectivity index (χ2n) is 4.86. The number of likely N-dealkylation sites (tertiary alicyclic amines) is 1. The van der Waals surface area contributed by atoms with E-state index >= 15 is 0 Å². The lowest BCUT2D eigenvalue weighted by Crippen LogP contribution is -2.47. The largest absolute Gasteiger partial charge is 0.480 e. The molecular weight excluding hydrogens is 292 g/mol. The van der Waals surface area contributed by atoms with Crippen molar-refractivity contribution in [1.29, 1.82) is 0 Å². The summed E-state index contributed by atoms with van der Waals surface area (Å²) >= 11 is 1.22. The Balaban J connectivity index is 1.83. The molecule has 0 spiro atoms. The first-order chi connectivity index (χ1) is 10.2. The van der Waals surface area contributed by atoms with E-state index in [1.165, 1.54) is 22.4 Å². The summed E-state index contributed by atoms with van der Waals surface area (Å²) in [6, 6.07) is 2.79. The second-order valence-corrected chi connectivity index (χ2v) is 5.89. The van der Waals surface area contributed by atoms with Gasteiger partial charge in [0.05, 0.1) is 12.5 Å². The van der Waals surface area contributed by atoms with Crippen LogP contribution in [0, 0.1) is 0 Å². The first kappa shape index (κ1) is 13.8. The number of carbonyl (C=O) groups excluding carboxylic acids is 1. The number of rotatable bonds is 3. The number of piperidine rings is 1. The molecule has 0 radical (unpaired) electrons. The average molecular weight is 306 g/mol. The van der Waals surface area contributed by atoms with Crippen LogP contribution in [0.1, 0.15) is 28.9 Å². The van der Waals surface area contributed by atoms with Gasteiger partial charge in [0.15, 0.2) is 10.8 Å². The van der Waals surface area contributed by atoms with Crippen LogP contribution in [0.15, 0.2) is 29.0 Å². The third kappa shape index (κ3) is 2.69. The molecule has 1 fully saturated rings. The monoisotopic (exact) mass is 306 g/mol. The molecule has 0 unspecified atom stereocenters. The van der Waals surface area contributed by atoms with Crippen LogP contribution in [0.4, 0.5) is 0 Å². The summed E-state index contributed by atoms with van der Waals surface area (Å²) in [5.41, 5.74) is 0. The maximum atomic E-state index is 12.5. The van der Waals surface area contributed by atoms with Gasteiger partial charge in [-0.15, -0.1) is 11.3 Å². The number of carboxylic acids is 1. The van der Waals surface area contributed by atoms with Gasteiger partial charge in [0.25, 0.3) is 5.91 Å². The summed E-state index contributed by atoms with van der Waals surface area (Å²) in [6.07, 6.45) is 5.20. The molecule has 0 saturated carbocycles. The van der Waals surface area contributed by atoms with E-state index in [1.54, 1.807) is 18.4 Å². The summed E-state index contributed by atoms with van der Waals surface area (Å²) < 4.78 is 5.25. The van der Waals surface area contributed by atoms with Crippen molar-refractivity contribution in [2.75, 3.05) is 6.54 Å². The smallest absolute Gasteiger partial charge is 0.326 e. The lowest BCUT2D eigenvalue weighted by molar-refractivity contribution is -0.143. The van der Waals surface area contributed by atoms with E-state index in [9.17, 15) is 14.7 Å². The molecular formula is C14H14N2O4S. The predicted octanol–water partition coefficient (Wildman–Crippen LogP) is 2.48. The third-order valence-electron chi connectivity index (χ3n) is 3.50. The molecule has 6 nitrogen and oxygen atoms in total. The van der Waals surface area contributed by atoms with Gasteiger partial charge in [-0.3, -0.25) is 4.79 Å². The second kappa shape index (κ2) is 5.69. The zero-order valence-corrected chi connectivity index (χ0v) is 12.0. The summed E-state index contributed by atoms with van der Waals surface area (Å²) in [7, 11) is 0. The predicted molar refractivity (Wildman–Crippen MR) is 76.1 cm³/mol. The molecule has 0 bridgehead atoms. The molecule has 7 heteroatoms. The molecule has 1 aliphatic rings. The van der Waals surface area contributed by atoms with Crippen molar-refractivity contribution in [3.8, 4) is 10.8 Å². The lowest BCUT2D eigenvalue weighted by Gasteiger charge is -2.32. The van der Waals surface area contributed by atoms with Gasteiger partial charge in [0, 0.05) is 6.54 Å². The van der Waals surface area contributed by atoms with Crippen LogP contribution < -0.4 is 0 Å². The highest BCUT2D eigenvalue weighted by Gasteiger charge is 2.33. The van der Waals surface area contributed by atoms with Crippen molar-refractivity contribution in [2.45, 2.75) is 25.3 Å². The van der Waals surface area contributed by atoms with E-state index in [0.29, 0.717) is 28.6 Å². The van der Waals surface area contributed by atoms with Crippen LogP contribution in [-0.2, 0) is 4.79 Å². The Kier molecular flexibility index (Phi) is 3.74. The van der Waals surface area contributed by atoms with E-state index in [0.717, 1.165) is 12.8 Å². The Morgan fingerprint density at radius 2 is 2.29 bits per heavy atom. The molecule has 2 aromatic heterocycles. The summed E-state index contributed by atoms with van der Waals surface area (Å²) in [4.78, 5) is 29.8. The van der Waals surface area contributed by atoms with Crippen LogP contribution in [0.2, 0.25) is 0 Å². The molecule has 2 aromatic rings. The van der Waals surface area contributed by atoms with Crippen molar-refractivity contribution in [3.05, 3.63) is 29.5 Å². The number of furan rings is 1. The fraction of sp³-hybridized carbons (Fsp3) is 0.357. The van der Waals surface area contributed by atoms with Crippen molar-refractivity contribution < 1.29 is 19.1 Å². The van der Waals surface area contributed by atoms with Crippen molar-refractivity contribution in [3.63, 3.8) is 0 Å². The number of aliphatic carboxylic acids is 1. The average Bonchev–Trinajstić information content (AvgIpc) is 3.17. The normalized spacial score (nSPS) is 18.7. The number of carboxylic acid groups (broad SMARTS) is 1. The fourth-order valence-electron chi connectivity index (χ4n) is 2.46. The number of carbonyl (C=O) groups is 2. The van der Waals surface area contributed by atoms with Gasteiger partial charge in [-0.05, 0) is 31.4 Å². The number of hydrogen-bond donors (Lipinski definition) is 1. The van der Waals surface area contributed by atoms with E-state index in [-0.39, 0.29) is 5.91 Å². The maximum Gasteiger partial charge on any atom is 0.326 e. The van der Waals surface area contributed by atoms with E-state index in [1.807, 2.05) is 0 Å². The standard InChI is InChI=1S/C14H14N2O4S/c17-13(16-6-2-1-4-9(16)14(18)19)11-8-15-12(21-11)10-5-3-7-20-10/h3,5,7-9H,1-2,4,6H2,(H,18,19)/t9-/m1/s1. The molecule has 1 N–H and O–H groups in total. The molecule has 21 heavy (non-hydrogen) atoms. The van der Waals surface area contributed by atoms with Gasteiger partial charge in [0.1, 0.15) is 10.9 Å². The quantitative estimate of drug-likeness (QED) is 0.941. The lowest BCUT2D eigenvalue weighted by atomic mass is 10.0. The molecule has 1 atom stereocenters. The molecule has 3 heterocycles. The minimum absolute atomic E-state index is 0.266. The first-order valence-corrected chi connectivity index (χ1v) is 7.52. The van der Waals surface area contributed by atoms with Gasteiger partial charge < -0.3 is 14.4 Å². The summed E-state index contributed by atoms with van der Waals surface area (Å²) in [5, 5.41) is 9.86. The van der Waals surface area contributed by atoms with Crippen LogP contribution in [0.5, 0.6) is 0 Å². The Bertz CT molecular complexity index is 650. The minimum Gasteiger partial charge on any atom is -0.480 e. The first-order valence-electron chi connectivity index (χ1n) is 6.70. The highest BCUT2D eigenvalue weighted by Crippen LogP contribution is 2.28. The van der Waals surface area contributed by atoms with Gasteiger partial charge in [0.2, 0.25) is 0 Å². The van der Waals surface area contributed by atoms with E-state index < -0.39 is 12.0 Å². The highest BCUT2D eigenvalue weighted by atomic mass is 32.1. The number of aromatic nitrogens is 1. The van der Waals surface area contributed by atoms with Crippen molar-refractivity contribution >= 4 is 23.2 Å². The Labute approximate surface area is 125 Å². The SMILES string of the molecule is O=C(O)[C@H]1CCCCN1C(=O)c1cnc(-c2ccco2)s1. The molecule has 1 aliphatic heterocycles. The zero-order valence-electron chi connectivity index (χ0n) is 11.2. The number of nitrogens with zero attached hydrogens (tertiary/aromatic N) is 2. The maximum absolute atomic E-state index is 12.5. The number of thiazole rings is 1. The number of amides is 1. The summed E-state index contributed by atoms with van der Waals surface area (Å²) in [5.74, 6) is -0.608. The van der Waals surface area contributed by atoms with Crippen molar-refractivity contribution in [1.82, 2.24) is 9.88 Å². The molecule has 1 saturated heterocycles. The van der Waals surface area contributed by atoms with E-state index in [4.69, 9.17) is 4.42 Å². The van der Waals surface area contributed by atoms with Gasteiger partial charge in [-0.25, -0.2) is 9.78 Å². The highest BCUT2D eigenvalue weighted by molar-refractivity contribution is 7.16. The molecule has 110 valence electrons. The molecule has 0 aliphatic carbocycles. The van der Waals surface area contributed by atoms with Crippen LogP contribution in [-0.4, -0.2) is 39.5 Å². The van der Waals surface area contributed by atoms with Gasteiger partial charge >= 0.3 is 5.97 Å². The molecule has 0 aromatic carbocycles. The van der Waals surface area contributed by atoms with Crippen LogP contribution >= 0.6 is 11.3 Å². The van der Waals surface area contributed by atoms with E-state index in [2.05, 4.69) is 4.98 Å². The summed E-state index contributed by atoms with van der Waals surface area (Å²) in [6.45, 7) is 0.476. The molecule has 3 rings (SSSR count). The van der Waals surface area contributed by atoms with Crippen molar-refractivity contribution in [2.24, 2.45) is 0 Å². The molecule has 1 amide bonds. The Morgan fingerprint density at radius 3 is 3.00 bits per heavy atom. The third-order valence-corrected chi connectivity index (χ3v) is 4.50. The van der Waals surface area contributed by atoms with Gasteiger partial charge in [-0.1, -0.05) is 0 Å². The van der Waals surface area contributed by atoms with Crippen LogP contribution in [0.25, 0.3) is 10.8 Å². The Morgan fingerprint density at radius 1 is 1.43 bits per heavy atom. The van der Waals surface area contributed by atoms with Crippen LogP contribution in [0.3, 0.4) is 0 Å². The van der Waals surface area contributed by atoms with Gasteiger partial charge in [-0.2, -0.15) is 0 Å². The number of hydrogen-bond acceptors (Lipinski definition) is 5. The minimum atomic E-state index is -0.946. The Hall–Kier alpha value is -2.15. The topological polar surface area (TPSA) is 83.6 Å².